The molecule has 7 heteroatoms. The number of halogens is 1. The number of hydrogen-bond acceptors (Lipinski definition) is 4. The number of ether oxygens (including phenoxy) is 1. The van der Waals surface area contributed by atoms with E-state index < -0.39 is 28.4 Å². The number of aryl methyl sites for hydroxylation is 1. The number of hydrogen-bond donors (Lipinski definition) is 1. The maximum atomic E-state index is 12.8. The Balaban J connectivity index is 1.98. The first-order valence-corrected chi connectivity index (χ1v) is 7.88. The lowest BCUT2D eigenvalue weighted by atomic mass is 10.2. The van der Waals surface area contributed by atoms with E-state index in [1.165, 1.54) is 0 Å². The van der Waals surface area contributed by atoms with Crippen molar-refractivity contribution in [2.75, 3.05) is 6.54 Å². The zero-order valence-corrected chi connectivity index (χ0v) is 12.6. The van der Waals surface area contributed by atoms with Crippen LogP contribution in [0.25, 0.3) is 0 Å². The van der Waals surface area contributed by atoms with E-state index in [-0.39, 0.29) is 4.90 Å². The summed E-state index contributed by atoms with van der Waals surface area (Å²) < 4.78 is 43.8. The quantitative estimate of drug-likeness (QED) is 0.675. The molecule has 116 valence electrons. The molecule has 0 unspecified atom stereocenters. The highest BCUT2D eigenvalue weighted by atomic mass is 32.2. The molecule has 0 saturated heterocycles. The summed E-state index contributed by atoms with van der Waals surface area (Å²) in [6, 6.07) is 11.2. The number of sulfonamides is 1. The third kappa shape index (κ3) is 4.12. The van der Waals surface area contributed by atoms with E-state index in [1.807, 2.05) is 0 Å². The second-order valence-corrected chi connectivity index (χ2v) is 6.28. The van der Waals surface area contributed by atoms with Crippen molar-refractivity contribution in [3.05, 3.63) is 59.9 Å². The maximum Gasteiger partial charge on any atom is 0.326 e. The molecule has 2 rings (SSSR count). The molecule has 2 aromatic rings. The monoisotopic (exact) mass is 323 g/mol. The molecule has 0 atom stereocenters. The topological polar surface area (TPSA) is 72.5 Å². The Labute approximate surface area is 127 Å². The second kappa shape index (κ2) is 6.67. The van der Waals surface area contributed by atoms with E-state index in [0.29, 0.717) is 5.75 Å². The molecule has 0 aliphatic heterocycles. The van der Waals surface area contributed by atoms with Gasteiger partial charge in [0, 0.05) is 0 Å². The Bertz CT molecular complexity index is 772. The van der Waals surface area contributed by atoms with E-state index in [0.717, 1.165) is 29.8 Å². The molecule has 5 nitrogen and oxygen atoms in total. The molecule has 0 amide bonds. The Morgan fingerprint density at radius 2 is 1.77 bits per heavy atom. The fourth-order valence-electron chi connectivity index (χ4n) is 1.68. The van der Waals surface area contributed by atoms with Crippen LogP contribution in [0, 0.1) is 12.7 Å². The summed E-state index contributed by atoms with van der Waals surface area (Å²) in [4.78, 5) is 11.6. The van der Waals surface area contributed by atoms with Crippen LogP contribution in [0.4, 0.5) is 4.39 Å². The van der Waals surface area contributed by atoms with Crippen molar-refractivity contribution in [3.63, 3.8) is 0 Å². The van der Waals surface area contributed by atoms with Crippen LogP contribution < -0.4 is 9.46 Å². The molecule has 0 aromatic heterocycles. The average Bonchev–Trinajstić information content (AvgIpc) is 2.48. The first-order chi connectivity index (χ1) is 10.4. The predicted molar refractivity (Wildman–Crippen MR) is 78.4 cm³/mol. The van der Waals surface area contributed by atoms with E-state index >= 15 is 0 Å². The third-order valence-corrected chi connectivity index (χ3v) is 4.26. The molecule has 0 heterocycles. The zero-order valence-electron chi connectivity index (χ0n) is 11.7. The number of benzene rings is 2. The molecule has 2 aromatic carbocycles. The highest BCUT2D eigenvalue weighted by Gasteiger charge is 2.16. The summed E-state index contributed by atoms with van der Waals surface area (Å²) in [6.07, 6.45) is 0. The lowest BCUT2D eigenvalue weighted by molar-refractivity contribution is -0.133. The SMILES string of the molecule is Cc1ccccc1OC(=O)CNS(=O)(=O)c1ccc(F)cc1. The molecule has 0 aliphatic rings. The standard InChI is InChI=1S/C15H14FNO4S/c1-11-4-2-3-5-14(11)21-15(18)10-17-22(19,20)13-8-6-12(16)7-9-13/h2-9,17H,10H2,1H3. The fraction of sp³-hybridized carbons (Fsp3) is 0.133. The van der Waals surface area contributed by atoms with Gasteiger partial charge < -0.3 is 4.74 Å². The van der Waals surface area contributed by atoms with E-state index in [2.05, 4.69) is 4.72 Å². The molecule has 0 saturated carbocycles. The summed E-state index contributed by atoms with van der Waals surface area (Å²) in [5.74, 6) is -0.911. The molecule has 0 spiro atoms. The number of nitrogens with one attached hydrogen (secondary N) is 1. The third-order valence-electron chi connectivity index (χ3n) is 2.85. The molecular weight excluding hydrogens is 309 g/mol. The Morgan fingerprint density at radius 3 is 2.41 bits per heavy atom. The number of rotatable bonds is 5. The van der Waals surface area contributed by atoms with Gasteiger partial charge >= 0.3 is 5.97 Å². The Kier molecular flexibility index (Phi) is 4.89. The van der Waals surface area contributed by atoms with Gasteiger partial charge in [-0.2, -0.15) is 4.72 Å². The van der Waals surface area contributed by atoms with Gasteiger partial charge in [-0.1, -0.05) is 18.2 Å². The summed E-state index contributed by atoms with van der Waals surface area (Å²) in [5, 5.41) is 0. The molecule has 22 heavy (non-hydrogen) atoms. The highest BCUT2D eigenvalue weighted by molar-refractivity contribution is 7.89. The summed E-state index contributed by atoms with van der Waals surface area (Å²) in [6.45, 7) is 1.25. The Morgan fingerprint density at radius 1 is 1.14 bits per heavy atom. The summed E-state index contributed by atoms with van der Waals surface area (Å²) in [7, 11) is -3.89. The van der Waals surface area contributed by atoms with Gasteiger partial charge in [0.05, 0.1) is 4.90 Å². The van der Waals surface area contributed by atoms with Crippen molar-refractivity contribution in [1.82, 2.24) is 4.72 Å². The van der Waals surface area contributed by atoms with E-state index in [4.69, 9.17) is 4.74 Å². The van der Waals surface area contributed by atoms with Gasteiger partial charge in [-0.05, 0) is 42.8 Å². The number of para-hydroxylation sites is 1. The van der Waals surface area contributed by atoms with Crippen molar-refractivity contribution in [2.24, 2.45) is 0 Å². The second-order valence-electron chi connectivity index (χ2n) is 4.52. The molecule has 0 aliphatic carbocycles. The number of carbonyl (C=O) groups excluding carboxylic acids is 1. The minimum absolute atomic E-state index is 0.127. The number of carbonyl (C=O) groups is 1. The van der Waals surface area contributed by atoms with Crippen molar-refractivity contribution in [2.45, 2.75) is 11.8 Å². The van der Waals surface area contributed by atoms with Gasteiger partial charge in [0.2, 0.25) is 10.0 Å². The van der Waals surface area contributed by atoms with Crippen molar-refractivity contribution < 1.29 is 22.3 Å². The highest BCUT2D eigenvalue weighted by Crippen LogP contribution is 2.16. The molecule has 0 fully saturated rings. The van der Waals surface area contributed by atoms with Crippen LogP contribution in [-0.4, -0.2) is 20.9 Å². The normalized spacial score (nSPS) is 11.2. The lowest BCUT2D eigenvalue weighted by Gasteiger charge is -2.08. The van der Waals surface area contributed by atoms with Crippen LogP contribution in [-0.2, 0) is 14.8 Å². The zero-order chi connectivity index (χ0) is 16.2. The van der Waals surface area contributed by atoms with Crippen LogP contribution in [0.5, 0.6) is 5.75 Å². The Hall–Kier alpha value is -2.25. The first kappa shape index (κ1) is 16.1. The van der Waals surface area contributed by atoms with E-state index in [9.17, 15) is 17.6 Å². The van der Waals surface area contributed by atoms with Crippen LogP contribution in [0.2, 0.25) is 0 Å². The smallest absolute Gasteiger partial charge is 0.326 e. The van der Waals surface area contributed by atoms with Gasteiger partial charge in [0.15, 0.2) is 0 Å². The molecular formula is C15H14FNO4S. The van der Waals surface area contributed by atoms with Crippen molar-refractivity contribution in [3.8, 4) is 5.75 Å². The number of esters is 1. The summed E-state index contributed by atoms with van der Waals surface area (Å²) in [5.41, 5.74) is 0.761. The van der Waals surface area contributed by atoms with E-state index in [1.54, 1.807) is 31.2 Å². The minimum Gasteiger partial charge on any atom is -0.425 e. The van der Waals surface area contributed by atoms with Crippen LogP contribution in [0.1, 0.15) is 5.56 Å². The molecule has 0 radical (unpaired) electrons. The van der Waals surface area contributed by atoms with Gasteiger partial charge in [0.1, 0.15) is 18.1 Å². The minimum atomic E-state index is -3.89. The van der Waals surface area contributed by atoms with Crippen LogP contribution in [0.3, 0.4) is 0 Å². The fourth-order valence-corrected chi connectivity index (χ4v) is 2.65. The average molecular weight is 323 g/mol. The first-order valence-electron chi connectivity index (χ1n) is 6.40. The van der Waals surface area contributed by atoms with Gasteiger partial charge in [0.25, 0.3) is 0 Å². The van der Waals surface area contributed by atoms with Crippen LogP contribution >= 0.6 is 0 Å². The predicted octanol–water partition coefficient (Wildman–Crippen LogP) is 2.02. The van der Waals surface area contributed by atoms with Gasteiger partial charge in [-0.15, -0.1) is 0 Å². The maximum absolute atomic E-state index is 12.8. The van der Waals surface area contributed by atoms with Gasteiger partial charge in [-0.3, -0.25) is 4.79 Å². The van der Waals surface area contributed by atoms with Crippen molar-refractivity contribution in [1.29, 1.82) is 0 Å². The molecule has 1 N–H and O–H groups in total. The largest absolute Gasteiger partial charge is 0.425 e. The lowest BCUT2D eigenvalue weighted by Crippen LogP contribution is -2.32. The molecule has 0 bridgehead atoms. The summed E-state index contributed by atoms with van der Waals surface area (Å²) >= 11 is 0. The van der Waals surface area contributed by atoms with Crippen molar-refractivity contribution >= 4 is 16.0 Å². The van der Waals surface area contributed by atoms with Crippen LogP contribution in [0.15, 0.2) is 53.4 Å². The van der Waals surface area contributed by atoms with Gasteiger partial charge in [-0.25, -0.2) is 12.8 Å².